The quantitative estimate of drug-likeness (QED) is 0.317. The second-order valence-electron chi connectivity index (χ2n) is 9.35. The molecule has 6 heteroatoms. The molecule has 0 fully saturated rings. The van der Waals surface area contributed by atoms with E-state index in [1.807, 2.05) is 73.5 Å². The van der Waals surface area contributed by atoms with E-state index in [-0.39, 0.29) is 24.4 Å². The molecule has 0 radical (unpaired) electrons. The van der Waals surface area contributed by atoms with Crippen LogP contribution >= 0.6 is 0 Å². The fourth-order valence-corrected chi connectivity index (χ4v) is 4.23. The Hall–Kier alpha value is -3.38. The summed E-state index contributed by atoms with van der Waals surface area (Å²) in [5.41, 5.74) is 4.05. The fraction of sp³-hybridized carbons (Fsp3) is 0.400. The number of hydrogen-bond donors (Lipinski definition) is 0. The molecule has 0 aliphatic heterocycles. The first-order chi connectivity index (χ1) is 17.4. The van der Waals surface area contributed by atoms with Crippen molar-refractivity contribution < 1.29 is 14.3 Å². The van der Waals surface area contributed by atoms with Crippen LogP contribution < -0.4 is 0 Å². The molecule has 0 spiro atoms. The van der Waals surface area contributed by atoms with Crippen LogP contribution in [-0.2, 0) is 29.0 Å². The summed E-state index contributed by atoms with van der Waals surface area (Å²) in [6.07, 6.45) is 3.63. The van der Waals surface area contributed by atoms with Gasteiger partial charge in [0.05, 0.1) is 6.54 Å². The molecular formula is C30H39N3O3. The minimum atomic E-state index is -0.127. The van der Waals surface area contributed by atoms with Gasteiger partial charge in [0.15, 0.2) is 0 Å². The number of hydrogen-bond acceptors (Lipinski definition) is 3. The highest BCUT2D eigenvalue weighted by molar-refractivity contribution is 5.96. The molecule has 1 aromatic heterocycles. The van der Waals surface area contributed by atoms with Gasteiger partial charge in [0, 0.05) is 50.3 Å². The molecule has 0 aliphatic carbocycles. The highest BCUT2D eigenvalue weighted by Gasteiger charge is 2.24. The number of carbonyl (C=O) groups excluding carboxylic acids is 2. The number of benzene rings is 2. The van der Waals surface area contributed by atoms with Gasteiger partial charge in [0.25, 0.3) is 5.91 Å². The van der Waals surface area contributed by atoms with Crippen molar-refractivity contribution in [2.75, 3.05) is 26.8 Å². The number of nitrogens with zero attached hydrogens (tertiary/aromatic N) is 3. The summed E-state index contributed by atoms with van der Waals surface area (Å²) in [7, 11) is 1.64. The number of rotatable bonds is 13. The lowest BCUT2D eigenvalue weighted by Gasteiger charge is -2.31. The monoisotopic (exact) mass is 489 g/mol. The number of carbonyl (C=O) groups is 2. The Bertz CT molecular complexity index is 1090. The van der Waals surface area contributed by atoms with Crippen LogP contribution in [0, 0.1) is 0 Å². The Balaban J connectivity index is 1.74. The number of amides is 2. The van der Waals surface area contributed by atoms with Crippen molar-refractivity contribution in [3.63, 3.8) is 0 Å². The van der Waals surface area contributed by atoms with Crippen LogP contribution in [0.1, 0.15) is 54.4 Å². The SMILES string of the molecule is CCc1ccc(C(=O)N(CCCOC)CC(=O)N(Cc2cccn2Cc2ccccc2)C(C)C)cc1. The van der Waals surface area contributed by atoms with E-state index in [1.54, 1.807) is 12.0 Å². The van der Waals surface area contributed by atoms with Gasteiger partial charge in [-0.3, -0.25) is 9.59 Å². The van der Waals surface area contributed by atoms with E-state index in [2.05, 4.69) is 29.7 Å². The van der Waals surface area contributed by atoms with Crippen LogP contribution in [0.2, 0.25) is 0 Å². The van der Waals surface area contributed by atoms with Crippen molar-refractivity contribution in [3.05, 3.63) is 95.3 Å². The number of aromatic nitrogens is 1. The molecule has 192 valence electrons. The van der Waals surface area contributed by atoms with Crippen LogP contribution in [0.5, 0.6) is 0 Å². The van der Waals surface area contributed by atoms with Gasteiger partial charge in [-0.15, -0.1) is 0 Å². The zero-order chi connectivity index (χ0) is 25.9. The van der Waals surface area contributed by atoms with Gasteiger partial charge >= 0.3 is 0 Å². The first kappa shape index (κ1) is 27.2. The molecule has 0 saturated heterocycles. The van der Waals surface area contributed by atoms with Crippen LogP contribution in [0.4, 0.5) is 0 Å². The molecule has 36 heavy (non-hydrogen) atoms. The van der Waals surface area contributed by atoms with E-state index >= 15 is 0 Å². The topological polar surface area (TPSA) is 54.8 Å². The minimum Gasteiger partial charge on any atom is -0.385 e. The molecular weight excluding hydrogens is 450 g/mol. The molecule has 6 nitrogen and oxygen atoms in total. The van der Waals surface area contributed by atoms with E-state index in [9.17, 15) is 9.59 Å². The summed E-state index contributed by atoms with van der Waals surface area (Å²) in [6.45, 7) is 8.39. The van der Waals surface area contributed by atoms with Crippen LogP contribution in [0.25, 0.3) is 0 Å². The molecule has 3 rings (SSSR count). The van der Waals surface area contributed by atoms with Crippen LogP contribution in [0.3, 0.4) is 0 Å². The second kappa shape index (κ2) is 13.6. The zero-order valence-electron chi connectivity index (χ0n) is 22.0. The Labute approximate surface area is 215 Å². The zero-order valence-corrected chi connectivity index (χ0v) is 22.0. The van der Waals surface area contributed by atoms with E-state index in [1.165, 1.54) is 11.1 Å². The lowest BCUT2D eigenvalue weighted by Crippen LogP contribution is -2.45. The Morgan fingerprint density at radius 1 is 0.944 bits per heavy atom. The lowest BCUT2D eigenvalue weighted by molar-refractivity contribution is -0.134. The van der Waals surface area contributed by atoms with Crippen molar-refractivity contribution >= 4 is 11.8 Å². The van der Waals surface area contributed by atoms with E-state index < -0.39 is 0 Å². The Kier molecular flexibility index (Phi) is 10.3. The summed E-state index contributed by atoms with van der Waals surface area (Å²) in [5.74, 6) is -0.188. The van der Waals surface area contributed by atoms with Gasteiger partial charge in [0.2, 0.25) is 5.91 Å². The van der Waals surface area contributed by atoms with Gasteiger partial charge in [-0.2, -0.15) is 0 Å². The third kappa shape index (κ3) is 7.56. The fourth-order valence-electron chi connectivity index (χ4n) is 4.23. The first-order valence-corrected chi connectivity index (χ1v) is 12.8. The smallest absolute Gasteiger partial charge is 0.254 e. The van der Waals surface area contributed by atoms with Gasteiger partial charge in [-0.05, 0) is 62.1 Å². The molecule has 2 aromatic carbocycles. The summed E-state index contributed by atoms with van der Waals surface area (Å²) in [4.78, 5) is 30.4. The minimum absolute atomic E-state index is 0.00246. The molecule has 1 heterocycles. The van der Waals surface area contributed by atoms with Crippen LogP contribution in [0.15, 0.2) is 72.9 Å². The van der Waals surface area contributed by atoms with Crippen molar-refractivity contribution in [1.29, 1.82) is 0 Å². The highest BCUT2D eigenvalue weighted by atomic mass is 16.5. The molecule has 0 bridgehead atoms. The molecule has 0 aliphatic rings. The molecule has 0 N–H and O–H groups in total. The lowest BCUT2D eigenvalue weighted by atomic mass is 10.1. The standard InChI is InChI=1S/C30H39N3O3/c1-5-25-14-16-27(17-15-25)30(35)32(19-10-20-36-4)23-29(34)33(24(2)3)22-28-13-9-18-31(28)21-26-11-7-6-8-12-26/h6-9,11-18,24H,5,10,19-23H2,1-4H3. The van der Waals surface area contributed by atoms with Crippen molar-refractivity contribution in [1.82, 2.24) is 14.4 Å². The normalized spacial score (nSPS) is 11.0. The maximum Gasteiger partial charge on any atom is 0.254 e. The number of ether oxygens (including phenoxy) is 1. The summed E-state index contributed by atoms with van der Waals surface area (Å²) >= 11 is 0. The van der Waals surface area contributed by atoms with E-state index in [0.29, 0.717) is 31.7 Å². The number of methoxy groups -OCH3 is 1. The average molecular weight is 490 g/mol. The van der Waals surface area contributed by atoms with Crippen molar-refractivity contribution in [2.45, 2.75) is 52.7 Å². The summed E-state index contributed by atoms with van der Waals surface area (Å²) in [5, 5.41) is 0. The third-order valence-corrected chi connectivity index (χ3v) is 6.39. The largest absolute Gasteiger partial charge is 0.385 e. The molecule has 2 amide bonds. The molecule has 0 saturated carbocycles. The van der Waals surface area contributed by atoms with Gasteiger partial charge in [-0.25, -0.2) is 0 Å². The van der Waals surface area contributed by atoms with Crippen molar-refractivity contribution in [2.24, 2.45) is 0 Å². The second-order valence-corrected chi connectivity index (χ2v) is 9.35. The Morgan fingerprint density at radius 3 is 2.31 bits per heavy atom. The number of aryl methyl sites for hydroxylation is 1. The third-order valence-electron chi connectivity index (χ3n) is 6.39. The van der Waals surface area contributed by atoms with Gasteiger partial charge in [0.1, 0.15) is 6.54 Å². The first-order valence-electron chi connectivity index (χ1n) is 12.8. The van der Waals surface area contributed by atoms with Gasteiger partial charge < -0.3 is 19.1 Å². The average Bonchev–Trinajstić information content (AvgIpc) is 3.33. The predicted molar refractivity (Wildman–Crippen MR) is 144 cm³/mol. The van der Waals surface area contributed by atoms with E-state index in [0.717, 1.165) is 18.7 Å². The maximum atomic E-state index is 13.6. The summed E-state index contributed by atoms with van der Waals surface area (Å²) in [6, 6.07) is 22.0. The van der Waals surface area contributed by atoms with Crippen molar-refractivity contribution in [3.8, 4) is 0 Å². The highest BCUT2D eigenvalue weighted by Crippen LogP contribution is 2.15. The van der Waals surface area contributed by atoms with Crippen LogP contribution in [-0.4, -0.2) is 59.0 Å². The summed E-state index contributed by atoms with van der Waals surface area (Å²) < 4.78 is 7.37. The molecule has 3 aromatic rings. The predicted octanol–water partition coefficient (Wildman–Crippen LogP) is 5.01. The maximum absolute atomic E-state index is 13.6. The Morgan fingerprint density at radius 2 is 1.67 bits per heavy atom. The van der Waals surface area contributed by atoms with Gasteiger partial charge in [-0.1, -0.05) is 49.4 Å². The molecule has 0 unspecified atom stereocenters. The van der Waals surface area contributed by atoms with E-state index in [4.69, 9.17) is 4.74 Å². The molecule has 0 atom stereocenters.